The second-order valence-corrected chi connectivity index (χ2v) is 11.9. The first-order chi connectivity index (χ1) is 19.7. The van der Waals surface area contributed by atoms with Crippen molar-refractivity contribution in [3.05, 3.63) is 93.2 Å². The fourth-order valence-corrected chi connectivity index (χ4v) is 6.03. The number of fused-ring (bicyclic) bond motifs is 1. The molecule has 0 atom stereocenters. The van der Waals surface area contributed by atoms with Crippen LogP contribution in [0.1, 0.15) is 40.0 Å². The molecule has 5 aromatic rings. The van der Waals surface area contributed by atoms with Gasteiger partial charge in [-0.25, -0.2) is 8.42 Å². The number of pyridine rings is 1. The van der Waals surface area contributed by atoms with Crippen LogP contribution in [-0.4, -0.2) is 34.8 Å². The Labute approximate surface area is 237 Å². The largest absolute Gasteiger partial charge is 0.416 e. The zero-order valence-corrected chi connectivity index (χ0v) is 23.7. The van der Waals surface area contributed by atoms with Gasteiger partial charge in [-0.05, 0) is 63.2 Å². The molecule has 3 heterocycles. The molecular formula is C29H25F3N4O5S. The molecule has 2 N–H and O–H groups in total. The highest BCUT2D eigenvalue weighted by Crippen LogP contribution is 2.34. The molecule has 13 heteroatoms. The molecule has 0 radical (unpaired) electrons. The van der Waals surface area contributed by atoms with E-state index < -0.39 is 33.0 Å². The summed E-state index contributed by atoms with van der Waals surface area (Å²) >= 11 is 0. The summed E-state index contributed by atoms with van der Waals surface area (Å²) in [6.07, 6.45) is -4.66. The predicted molar refractivity (Wildman–Crippen MR) is 151 cm³/mol. The van der Waals surface area contributed by atoms with Crippen LogP contribution in [0.5, 0.6) is 0 Å². The Morgan fingerprint density at radius 2 is 1.79 bits per heavy atom. The van der Waals surface area contributed by atoms with Gasteiger partial charge in [-0.15, -0.1) is 0 Å². The summed E-state index contributed by atoms with van der Waals surface area (Å²) in [6, 6.07) is 11.7. The minimum atomic E-state index is -4.66. The second-order valence-electron chi connectivity index (χ2n) is 9.70. The van der Waals surface area contributed by atoms with E-state index in [4.69, 9.17) is 4.52 Å². The monoisotopic (exact) mass is 598 g/mol. The number of aryl methyl sites for hydroxylation is 2. The van der Waals surface area contributed by atoms with Crippen LogP contribution in [0.15, 0.2) is 68.8 Å². The minimum Gasteiger partial charge on any atom is -0.361 e. The Morgan fingerprint density at radius 1 is 1.07 bits per heavy atom. The molecule has 0 aliphatic heterocycles. The number of carbonyl (C=O) groups is 1. The van der Waals surface area contributed by atoms with Gasteiger partial charge in [-0.3, -0.25) is 14.2 Å². The summed E-state index contributed by atoms with van der Waals surface area (Å²) in [4.78, 5) is 30.4. The van der Waals surface area contributed by atoms with Crippen LogP contribution in [0.2, 0.25) is 0 Å². The van der Waals surface area contributed by atoms with E-state index in [2.05, 4.69) is 15.5 Å². The lowest BCUT2D eigenvalue weighted by atomic mass is 9.99. The van der Waals surface area contributed by atoms with E-state index in [0.29, 0.717) is 33.5 Å². The molecule has 3 aromatic heterocycles. The lowest BCUT2D eigenvalue weighted by Gasteiger charge is -2.18. The summed E-state index contributed by atoms with van der Waals surface area (Å²) in [5.41, 5.74) is -0.254. The van der Waals surface area contributed by atoms with Gasteiger partial charge in [-0.2, -0.15) is 13.2 Å². The molecular weight excluding hydrogens is 573 g/mol. The third kappa shape index (κ3) is 5.00. The van der Waals surface area contributed by atoms with Crippen molar-refractivity contribution < 1.29 is 30.9 Å². The van der Waals surface area contributed by atoms with Crippen LogP contribution < -0.4 is 10.9 Å². The number of aromatic amines is 1. The van der Waals surface area contributed by atoms with E-state index in [1.165, 1.54) is 37.3 Å². The van der Waals surface area contributed by atoms with E-state index in [1.54, 1.807) is 32.9 Å². The molecule has 0 saturated heterocycles. The Bertz CT molecular complexity index is 2020. The number of alkyl halides is 3. The van der Waals surface area contributed by atoms with E-state index in [9.17, 15) is 31.2 Å². The van der Waals surface area contributed by atoms with Gasteiger partial charge >= 0.3 is 6.18 Å². The highest BCUT2D eigenvalue weighted by Gasteiger charge is 2.31. The lowest BCUT2D eigenvalue weighted by Crippen LogP contribution is -2.30. The average Bonchev–Trinajstić information content (AvgIpc) is 3.50. The molecule has 0 fully saturated rings. The van der Waals surface area contributed by atoms with Crippen molar-refractivity contribution in [1.82, 2.24) is 14.7 Å². The lowest BCUT2D eigenvalue weighted by molar-refractivity contribution is -0.137. The number of nitrogens with zero attached hydrogens (tertiary/aromatic N) is 2. The number of benzene rings is 2. The molecule has 0 bridgehead atoms. The predicted octanol–water partition coefficient (Wildman–Crippen LogP) is 5.96. The smallest absolute Gasteiger partial charge is 0.361 e. The first-order valence-electron chi connectivity index (χ1n) is 12.8. The quantitative estimate of drug-likeness (QED) is 0.248. The van der Waals surface area contributed by atoms with Gasteiger partial charge in [0, 0.05) is 33.4 Å². The van der Waals surface area contributed by atoms with Crippen molar-refractivity contribution in [2.24, 2.45) is 0 Å². The molecule has 0 spiro atoms. The molecule has 1 amide bonds. The van der Waals surface area contributed by atoms with Crippen molar-refractivity contribution in [1.29, 1.82) is 0 Å². The zero-order chi connectivity index (χ0) is 30.6. The Morgan fingerprint density at radius 3 is 2.43 bits per heavy atom. The minimum absolute atomic E-state index is 0.0854. The van der Waals surface area contributed by atoms with Gasteiger partial charge < -0.3 is 14.8 Å². The standard InChI is InChI=1S/C29H25F3N4O5S/c1-5-42(39,40)24-11-7-10-23-21(24)14-25(33-23)34-27(37)22-13-20(26-15(2)35-41-17(26)4)16(3)36(28(22)38)19-9-6-8-18(12-19)29(30,31)32/h6-14,33H,5H2,1-4H3,(H,34,37). The summed E-state index contributed by atoms with van der Waals surface area (Å²) in [6.45, 7) is 6.38. The van der Waals surface area contributed by atoms with Crippen LogP contribution in [-0.2, 0) is 16.0 Å². The second kappa shape index (κ2) is 10.3. The van der Waals surface area contributed by atoms with Gasteiger partial charge in [0.05, 0.1) is 21.9 Å². The number of carbonyl (C=O) groups excluding carboxylic acids is 1. The number of hydrogen-bond acceptors (Lipinski definition) is 6. The van der Waals surface area contributed by atoms with Crippen molar-refractivity contribution in [2.75, 3.05) is 11.1 Å². The summed E-state index contributed by atoms with van der Waals surface area (Å²) < 4.78 is 72.1. The number of anilines is 1. The van der Waals surface area contributed by atoms with Crippen LogP contribution in [0.3, 0.4) is 0 Å². The number of aromatic nitrogens is 3. The van der Waals surface area contributed by atoms with Crippen molar-refractivity contribution in [3.8, 4) is 16.8 Å². The first kappa shape index (κ1) is 28.9. The number of hydrogen-bond donors (Lipinski definition) is 2. The molecule has 0 aliphatic rings. The number of nitrogens with one attached hydrogen (secondary N) is 2. The van der Waals surface area contributed by atoms with E-state index in [0.717, 1.165) is 16.7 Å². The topological polar surface area (TPSA) is 127 Å². The van der Waals surface area contributed by atoms with Gasteiger partial charge in [0.15, 0.2) is 9.84 Å². The number of rotatable bonds is 6. The Kier molecular flexibility index (Phi) is 7.09. The number of H-pyrrole nitrogens is 1. The molecule has 0 aliphatic carbocycles. The summed E-state index contributed by atoms with van der Waals surface area (Å²) in [7, 11) is -3.57. The normalized spacial score (nSPS) is 12.2. The zero-order valence-electron chi connectivity index (χ0n) is 22.9. The fraction of sp³-hybridized carbons (Fsp3) is 0.207. The number of sulfone groups is 1. The van der Waals surface area contributed by atoms with Crippen LogP contribution >= 0.6 is 0 Å². The van der Waals surface area contributed by atoms with Gasteiger partial charge in [0.25, 0.3) is 11.5 Å². The molecule has 9 nitrogen and oxygen atoms in total. The molecule has 0 unspecified atom stereocenters. The molecule has 2 aromatic carbocycles. The van der Waals surface area contributed by atoms with Crippen molar-refractivity contribution in [2.45, 2.75) is 38.8 Å². The fourth-order valence-electron chi connectivity index (χ4n) is 4.93. The number of amides is 1. The Hall–Kier alpha value is -4.65. The van der Waals surface area contributed by atoms with E-state index in [-0.39, 0.29) is 33.4 Å². The third-order valence-corrected chi connectivity index (χ3v) is 8.80. The maximum atomic E-state index is 13.8. The van der Waals surface area contributed by atoms with Gasteiger partial charge in [0.2, 0.25) is 0 Å². The first-order valence-corrected chi connectivity index (χ1v) is 14.4. The highest BCUT2D eigenvalue weighted by molar-refractivity contribution is 7.91. The summed E-state index contributed by atoms with van der Waals surface area (Å²) in [5.74, 6) is -0.475. The van der Waals surface area contributed by atoms with Crippen LogP contribution in [0, 0.1) is 20.8 Å². The van der Waals surface area contributed by atoms with Crippen molar-refractivity contribution in [3.63, 3.8) is 0 Å². The molecule has 218 valence electrons. The SMILES string of the molecule is CCS(=O)(=O)c1cccc2[nH]c(NC(=O)c3cc(-c4c(C)noc4C)c(C)n(-c4cccc(C(F)(F)F)c4)c3=O)cc12. The average molecular weight is 599 g/mol. The number of halogens is 3. The highest BCUT2D eigenvalue weighted by atomic mass is 32.2. The molecule has 5 rings (SSSR count). The van der Waals surface area contributed by atoms with E-state index >= 15 is 0 Å². The van der Waals surface area contributed by atoms with Crippen LogP contribution in [0.4, 0.5) is 19.0 Å². The summed E-state index contributed by atoms with van der Waals surface area (Å²) in [5, 5.41) is 6.90. The molecule has 42 heavy (non-hydrogen) atoms. The Balaban J connectivity index is 1.68. The van der Waals surface area contributed by atoms with Gasteiger partial charge in [-0.1, -0.05) is 24.2 Å². The van der Waals surface area contributed by atoms with Crippen LogP contribution in [0.25, 0.3) is 27.7 Å². The maximum Gasteiger partial charge on any atom is 0.416 e. The van der Waals surface area contributed by atoms with Crippen molar-refractivity contribution >= 4 is 32.5 Å². The third-order valence-electron chi connectivity index (χ3n) is 7.01. The maximum absolute atomic E-state index is 13.8. The van der Waals surface area contributed by atoms with E-state index in [1.807, 2.05) is 0 Å². The molecule has 0 saturated carbocycles. The van der Waals surface area contributed by atoms with Gasteiger partial charge in [0.1, 0.15) is 17.1 Å².